The van der Waals surface area contributed by atoms with E-state index in [1.165, 1.54) is 12.1 Å². The molecule has 0 aliphatic heterocycles. The number of carbonyl (C=O) groups excluding carboxylic acids is 1. The standard InChI is InChI=1S/C12H18N2O3S/c1-3-13-8-7-12(15)14-10-5-4-6-11(9-10)18(2,16)17/h4-6,9,13H,3,7-8H2,1-2H3,(H,14,15). The number of hydrogen-bond acceptors (Lipinski definition) is 4. The van der Waals surface area contributed by atoms with E-state index in [0.717, 1.165) is 12.8 Å². The summed E-state index contributed by atoms with van der Waals surface area (Å²) in [4.78, 5) is 11.7. The maximum Gasteiger partial charge on any atom is 0.225 e. The molecule has 0 saturated heterocycles. The van der Waals surface area contributed by atoms with Crippen LogP contribution in [0, 0.1) is 0 Å². The Labute approximate surface area is 108 Å². The number of benzene rings is 1. The van der Waals surface area contributed by atoms with E-state index in [0.29, 0.717) is 18.7 Å². The van der Waals surface area contributed by atoms with E-state index in [1.807, 2.05) is 6.92 Å². The molecule has 0 atom stereocenters. The van der Waals surface area contributed by atoms with Crippen molar-refractivity contribution in [3.63, 3.8) is 0 Å². The van der Waals surface area contributed by atoms with Gasteiger partial charge >= 0.3 is 0 Å². The molecular weight excluding hydrogens is 252 g/mol. The Bertz CT molecular complexity index is 512. The van der Waals surface area contributed by atoms with E-state index in [4.69, 9.17) is 0 Å². The number of carbonyl (C=O) groups is 1. The minimum atomic E-state index is -3.25. The van der Waals surface area contributed by atoms with Gasteiger partial charge in [-0.15, -0.1) is 0 Å². The molecule has 0 fully saturated rings. The topological polar surface area (TPSA) is 75.3 Å². The molecule has 0 aromatic heterocycles. The summed E-state index contributed by atoms with van der Waals surface area (Å²) >= 11 is 0. The van der Waals surface area contributed by atoms with Crippen molar-refractivity contribution in [2.75, 3.05) is 24.7 Å². The van der Waals surface area contributed by atoms with Gasteiger partial charge in [0.15, 0.2) is 9.84 Å². The average Bonchev–Trinajstić information content (AvgIpc) is 2.28. The maximum atomic E-state index is 11.5. The summed E-state index contributed by atoms with van der Waals surface area (Å²) in [5, 5.41) is 5.71. The van der Waals surface area contributed by atoms with Gasteiger partial charge in [-0.1, -0.05) is 13.0 Å². The Kier molecular flexibility index (Phi) is 5.30. The molecule has 0 heterocycles. The molecule has 1 aromatic carbocycles. The lowest BCUT2D eigenvalue weighted by molar-refractivity contribution is -0.116. The molecule has 0 bridgehead atoms. The van der Waals surface area contributed by atoms with Crippen molar-refractivity contribution >= 4 is 21.4 Å². The van der Waals surface area contributed by atoms with Crippen LogP contribution in [-0.4, -0.2) is 33.7 Å². The number of amides is 1. The van der Waals surface area contributed by atoms with Crippen molar-refractivity contribution < 1.29 is 13.2 Å². The van der Waals surface area contributed by atoms with Crippen LogP contribution in [0.4, 0.5) is 5.69 Å². The Morgan fingerprint density at radius 1 is 1.33 bits per heavy atom. The monoisotopic (exact) mass is 270 g/mol. The Hall–Kier alpha value is -1.40. The summed E-state index contributed by atoms with van der Waals surface area (Å²) < 4.78 is 22.7. The van der Waals surface area contributed by atoms with Crippen molar-refractivity contribution in [2.45, 2.75) is 18.2 Å². The predicted octanol–water partition coefficient (Wildman–Crippen LogP) is 1.03. The van der Waals surface area contributed by atoms with Gasteiger partial charge in [-0.05, 0) is 24.7 Å². The molecule has 0 unspecified atom stereocenters. The first-order chi connectivity index (χ1) is 8.43. The highest BCUT2D eigenvalue weighted by molar-refractivity contribution is 7.90. The van der Waals surface area contributed by atoms with Gasteiger partial charge in [-0.2, -0.15) is 0 Å². The van der Waals surface area contributed by atoms with Gasteiger partial charge in [-0.3, -0.25) is 4.79 Å². The van der Waals surface area contributed by atoms with Crippen LogP contribution in [0.25, 0.3) is 0 Å². The third-order valence-electron chi connectivity index (χ3n) is 2.32. The van der Waals surface area contributed by atoms with Crippen LogP contribution < -0.4 is 10.6 Å². The molecule has 100 valence electrons. The van der Waals surface area contributed by atoms with Gasteiger partial charge in [0, 0.05) is 24.9 Å². The first-order valence-corrected chi connectivity index (χ1v) is 7.63. The second-order valence-corrected chi connectivity index (χ2v) is 5.97. The van der Waals surface area contributed by atoms with Crippen molar-refractivity contribution in [3.8, 4) is 0 Å². The molecule has 0 aliphatic carbocycles. The average molecular weight is 270 g/mol. The van der Waals surface area contributed by atoms with Gasteiger partial charge in [0.1, 0.15) is 0 Å². The van der Waals surface area contributed by atoms with E-state index >= 15 is 0 Å². The van der Waals surface area contributed by atoms with Gasteiger partial charge in [-0.25, -0.2) is 8.42 Å². The first-order valence-electron chi connectivity index (χ1n) is 5.74. The van der Waals surface area contributed by atoms with Crippen molar-refractivity contribution in [1.82, 2.24) is 5.32 Å². The first kappa shape index (κ1) is 14.7. The van der Waals surface area contributed by atoms with E-state index in [1.54, 1.807) is 12.1 Å². The third kappa shape index (κ3) is 4.85. The van der Waals surface area contributed by atoms with Gasteiger partial charge in [0.2, 0.25) is 5.91 Å². The number of hydrogen-bond donors (Lipinski definition) is 2. The van der Waals surface area contributed by atoms with Crippen LogP contribution in [0.15, 0.2) is 29.2 Å². The van der Waals surface area contributed by atoms with Crippen LogP contribution in [0.3, 0.4) is 0 Å². The fourth-order valence-corrected chi connectivity index (χ4v) is 2.07. The second-order valence-electron chi connectivity index (χ2n) is 3.95. The molecule has 2 N–H and O–H groups in total. The fraction of sp³-hybridized carbons (Fsp3) is 0.417. The SMILES string of the molecule is CCNCCC(=O)Nc1cccc(S(C)(=O)=O)c1. The summed E-state index contributed by atoms with van der Waals surface area (Å²) in [6.45, 7) is 3.39. The molecule has 6 heteroatoms. The third-order valence-corrected chi connectivity index (χ3v) is 3.44. The quantitative estimate of drug-likeness (QED) is 0.757. The molecular formula is C12H18N2O3S. The highest BCUT2D eigenvalue weighted by atomic mass is 32.2. The lowest BCUT2D eigenvalue weighted by atomic mass is 10.3. The van der Waals surface area contributed by atoms with E-state index in [9.17, 15) is 13.2 Å². The molecule has 1 rings (SSSR count). The van der Waals surface area contributed by atoms with Crippen LogP contribution in [0.1, 0.15) is 13.3 Å². The zero-order valence-corrected chi connectivity index (χ0v) is 11.4. The highest BCUT2D eigenvalue weighted by Gasteiger charge is 2.08. The largest absolute Gasteiger partial charge is 0.326 e. The van der Waals surface area contributed by atoms with Crippen LogP contribution >= 0.6 is 0 Å². The van der Waals surface area contributed by atoms with Gasteiger partial charge < -0.3 is 10.6 Å². The molecule has 0 saturated carbocycles. The number of sulfone groups is 1. The molecule has 5 nitrogen and oxygen atoms in total. The smallest absolute Gasteiger partial charge is 0.225 e. The van der Waals surface area contributed by atoms with E-state index < -0.39 is 9.84 Å². The minimum absolute atomic E-state index is 0.137. The number of nitrogens with one attached hydrogen (secondary N) is 2. The number of anilines is 1. The van der Waals surface area contributed by atoms with Crippen molar-refractivity contribution in [1.29, 1.82) is 0 Å². The molecule has 18 heavy (non-hydrogen) atoms. The second kappa shape index (κ2) is 6.51. The van der Waals surface area contributed by atoms with Crippen LogP contribution in [0.2, 0.25) is 0 Å². The summed E-state index contributed by atoms with van der Waals surface area (Å²) in [5.74, 6) is -0.137. The fourth-order valence-electron chi connectivity index (χ4n) is 1.41. The van der Waals surface area contributed by atoms with Crippen LogP contribution in [-0.2, 0) is 14.6 Å². The van der Waals surface area contributed by atoms with Gasteiger partial charge in [0.05, 0.1) is 4.90 Å². The Morgan fingerprint density at radius 3 is 2.67 bits per heavy atom. The summed E-state index contributed by atoms with van der Waals surface area (Å²) in [6.07, 6.45) is 1.50. The summed E-state index contributed by atoms with van der Waals surface area (Å²) in [7, 11) is -3.25. The lowest BCUT2D eigenvalue weighted by Crippen LogP contribution is -2.21. The zero-order chi connectivity index (χ0) is 13.6. The summed E-state index contributed by atoms with van der Waals surface area (Å²) in [5.41, 5.74) is 0.499. The highest BCUT2D eigenvalue weighted by Crippen LogP contribution is 2.15. The Morgan fingerprint density at radius 2 is 2.06 bits per heavy atom. The predicted molar refractivity (Wildman–Crippen MR) is 71.3 cm³/mol. The van der Waals surface area contributed by atoms with Crippen molar-refractivity contribution in [3.05, 3.63) is 24.3 Å². The zero-order valence-electron chi connectivity index (χ0n) is 10.6. The Balaban J connectivity index is 2.65. The number of rotatable bonds is 6. The van der Waals surface area contributed by atoms with E-state index in [2.05, 4.69) is 10.6 Å². The van der Waals surface area contributed by atoms with Crippen LogP contribution in [0.5, 0.6) is 0 Å². The lowest BCUT2D eigenvalue weighted by Gasteiger charge is -2.07. The molecule has 0 aliphatic rings. The minimum Gasteiger partial charge on any atom is -0.326 e. The maximum absolute atomic E-state index is 11.5. The van der Waals surface area contributed by atoms with Gasteiger partial charge in [0.25, 0.3) is 0 Å². The molecule has 0 radical (unpaired) electrons. The normalized spacial score (nSPS) is 11.2. The molecule has 1 amide bonds. The summed E-state index contributed by atoms with van der Waals surface area (Å²) in [6, 6.07) is 6.24. The van der Waals surface area contributed by atoms with E-state index in [-0.39, 0.29) is 10.8 Å². The molecule has 0 spiro atoms. The van der Waals surface area contributed by atoms with Crippen molar-refractivity contribution in [2.24, 2.45) is 0 Å². The molecule has 1 aromatic rings.